The second-order valence-corrected chi connectivity index (χ2v) is 5.51. The maximum absolute atomic E-state index is 11.9. The van der Waals surface area contributed by atoms with Crippen LogP contribution in [0.1, 0.15) is 43.0 Å². The number of carboxylic acids is 1. The maximum atomic E-state index is 11.9. The van der Waals surface area contributed by atoms with Crippen molar-refractivity contribution >= 4 is 16.8 Å². The van der Waals surface area contributed by atoms with E-state index in [2.05, 4.69) is 6.92 Å². The lowest BCUT2D eigenvalue weighted by Gasteiger charge is -2.02. The van der Waals surface area contributed by atoms with Gasteiger partial charge in [0.2, 0.25) is 0 Å². The summed E-state index contributed by atoms with van der Waals surface area (Å²) in [5, 5.41) is 8.74. The second-order valence-electron chi connectivity index (χ2n) is 3.94. The Hall–Kier alpha value is -1.16. The van der Waals surface area contributed by atoms with Crippen LogP contribution in [-0.4, -0.2) is 21.0 Å². The highest BCUT2D eigenvalue weighted by atomic mass is 32.2. The molecule has 0 radical (unpaired) electrons. The first kappa shape index (κ1) is 13.9. The van der Waals surface area contributed by atoms with Crippen LogP contribution < -0.4 is 0 Å². The van der Waals surface area contributed by atoms with Crippen LogP contribution in [0.2, 0.25) is 0 Å². The van der Waals surface area contributed by atoms with E-state index in [1.165, 1.54) is 25.0 Å². The summed E-state index contributed by atoms with van der Waals surface area (Å²) >= 11 is 0. The number of rotatable bonds is 7. The van der Waals surface area contributed by atoms with Crippen molar-refractivity contribution in [2.45, 2.75) is 37.5 Å². The molecule has 0 aromatic heterocycles. The second kappa shape index (κ2) is 7.22. The van der Waals surface area contributed by atoms with E-state index in [-0.39, 0.29) is 5.56 Å². The van der Waals surface area contributed by atoms with Gasteiger partial charge in [0.05, 0.1) is 16.4 Å². The van der Waals surface area contributed by atoms with E-state index in [9.17, 15) is 9.00 Å². The lowest BCUT2D eigenvalue weighted by atomic mass is 10.2. The molecule has 1 atom stereocenters. The van der Waals surface area contributed by atoms with Crippen LogP contribution in [0.25, 0.3) is 0 Å². The van der Waals surface area contributed by atoms with Crippen molar-refractivity contribution in [3.05, 3.63) is 29.8 Å². The summed E-state index contributed by atoms with van der Waals surface area (Å²) in [6.45, 7) is 2.14. The van der Waals surface area contributed by atoms with Crippen molar-refractivity contribution < 1.29 is 14.1 Å². The number of carboxylic acid groups (broad SMARTS) is 1. The average Bonchev–Trinajstić information content (AvgIpc) is 2.34. The summed E-state index contributed by atoms with van der Waals surface area (Å²) < 4.78 is 11.9. The van der Waals surface area contributed by atoms with Gasteiger partial charge in [-0.3, -0.25) is 4.21 Å². The number of carbonyl (C=O) groups is 1. The first-order valence-corrected chi connectivity index (χ1v) is 7.18. The molecule has 0 aliphatic heterocycles. The molecule has 0 fully saturated rings. The van der Waals surface area contributed by atoms with Gasteiger partial charge < -0.3 is 5.11 Å². The molecule has 0 aliphatic rings. The van der Waals surface area contributed by atoms with Gasteiger partial charge in [-0.15, -0.1) is 0 Å². The summed E-state index contributed by atoms with van der Waals surface area (Å²) in [6.07, 6.45) is 4.41. The Morgan fingerprint density at radius 1 is 1.18 bits per heavy atom. The van der Waals surface area contributed by atoms with E-state index < -0.39 is 16.8 Å². The molecule has 1 N–H and O–H groups in total. The lowest BCUT2D eigenvalue weighted by molar-refractivity contribution is 0.0697. The van der Waals surface area contributed by atoms with Crippen molar-refractivity contribution in [1.82, 2.24) is 0 Å². The van der Waals surface area contributed by atoms with Crippen molar-refractivity contribution in [3.8, 4) is 0 Å². The zero-order chi connectivity index (χ0) is 12.7. The Bertz CT molecular complexity index is 384. The van der Waals surface area contributed by atoms with E-state index >= 15 is 0 Å². The predicted octanol–water partition coefficient (Wildman–Crippen LogP) is 3.07. The van der Waals surface area contributed by atoms with E-state index in [4.69, 9.17) is 5.11 Å². The van der Waals surface area contributed by atoms with Crippen molar-refractivity contribution in [2.75, 3.05) is 5.75 Å². The molecule has 1 aromatic carbocycles. The van der Waals surface area contributed by atoms with Gasteiger partial charge in [-0.25, -0.2) is 4.79 Å². The molecule has 1 aromatic rings. The third-order valence-electron chi connectivity index (χ3n) is 2.55. The normalized spacial score (nSPS) is 12.3. The molecule has 3 nitrogen and oxygen atoms in total. The van der Waals surface area contributed by atoms with Gasteiger partial charge in [0.25, 0.3) is 0 Å². The van der Waals surface area contributed by atoms with Crippen LogP contribution in [0.15, 0.2) is 29.2 Å². The highest BCUT2D eigenvalue weighted by Crippen LogP contribution is 2.11. The highest BCUT2D eigenvalue weighted by molar-refractivity contribution is 7.85. The molecule has 0 amide bonds. The molecular formula is C13H18O3S. The molecule has 0 saturated heterocycles. The molecule has 0 spiro atoms. The van der Waals surface area contributed by atoms with Gasteiger partial charge in [0.1, 0.15) is 0 Å². The minimum Gasteiger partial charge on any atom is -0.478 e. The van der Waals surface area contributed by atoms with Gasteiger partial charge in [-0.1, -0.05) is 26.2 Å². The fraction of sp³-hybridized carbons (Fsp3) is 0.462. The van der Waals surface area contributed by atoms with E-state index in [0.717, 1.165) is 12.8 Å². The fourth-order valence-electron chi connectivity index (χ4n) is 1.53. The Morgan fingerprint density at radius 3 is 2.35 bits per heavy atom. The van der Waals surface area contributed by atoms with Crippen molar-refractivity contribution in [1.29, 1.82) is 0 Å². The molecule has 94 valence electrons. The highest BCUT2D eigenvalue weighted by Gasteiger charge is 2.06. The number of unbranched alkanes of at least 4 members (excludes halogenated alkanes) is 3. The average molecular weight is 254 g/mol. The van der Waals surface area contributed by atoms with Gasteiger partial charge in [0.15, 0.2) is 0 Å². The van der Waals surface area contributed by atoms with Crippen LogP contribution in [0.4, 0.5) is 0 Å². The smallest absolute Gasteiger partial charge is 0.335 e. The zero-order valence-corrected chi connectivity index (χ0v) is 10.8. The van der Waals surface area contributed by atoms with Crippen LogP contribution in [0.5, 0.6) is 0 Å². The molecule has 4 heteroatoms. The number of hydrogen-bond donors (Lipinski definition) is 1. The van der Waals surface area contributed by atoms with Crippen LogP contribution >= 0.6 is 0 Å². The Morgan fingerprint density at radius 2 is 1.82 bits per heavy atom. The summed E-state index contributed by atoms with van der Waals surface area (Å²) in [5.74, 6) is -0.294. The molecular weight excluding hydrogens is 236 g/mol. The van der Waals surface area contributed by atoms with Crippen molar-refractivity contribution in [3.63, 3.8) is 0 Å². The summed E-state index contributed by atoms with van der Waals surface area (Å²) in [4.78, 5) is 11.4. The summed E-state index contributed by atoms with van der Waals surface area (Å²) in [5.41, 5.74) is 0.233. The minimum absolute atomic E-state index is 0.233. The molecule has 1 rings (SSSR count). The molecule has 0 aliphatic carbocycles. The minimum atomic E-state index is -1.00. The molecule has 1 unspecified atom stereocenters. The first-order chi connectivity index (χ1) is 8.15. The fourth-order valence-corrected chi connectivity index (χ4v) is 2.67. The molecule has 0 bridgehead atoms. The lowest BCUT2D eigenvalue weighted by Crippen LogP contribution is -2.00. The Balaban J connectivity index is 2.49. The number of benzene rings is 1. The van der Waals surface area contributed by atoms with E-state index in [1.54, 1.807) is 12.1 Å². The third-order valence-corrected chi connectivity index (χ3v) is 4.00. The monoisotopic (exact) mass is 254 g/mol. The van der Waals surface area contributed by atoms with Gasteiger partial charge in [-0.05, 0) is 30.7 Å². The van der Waals surface area contributed by atoms with E-state index in [0.29, 0.717) is 10.6 Å². The van der Waals surface area contributed by atoms with Gasteiger partial charge in [0, 0.05) is 10.6 Å². The summed E-state index contributed by atoms with van der Waals surface area (Å²) in [7, 11) is -1.00. The number of hydrogen-bond acceptors (Lipinski definition) is 2. The Kier molecular flexibility index (Phi) is 5.91. The van der Waals surface area contributed by atoms with Gasteiger partial charge in [-0.2, -0.15) is 0 Å². The largest absolute Gasteiger partial charge is 0.478 e. The predicted molar refractivity (Wildman–Crippen MR) is 68.8 cm³/mol. The third kappa shape index (κ3) is 4.69. The zero-order valence-electron chi connectivity index (χ0n) is 10.0. The Labute approximate surface area is 104 Å². The van der Waals surface area contributed by atoms with Crippen LogP contribution in [-0.2, 0) is 10.8 Å². The first-order valence-electron chi connectivity index (χ1n) is 5.87. The molecule has 17 heavy (non-hydrogen) atoms. The quantitative estimate of drug-likeness (QED) is 0.761. The summed E-state index contributed by atoms with van der Waals surface area (Å²) in [6, 6.07) is 6.28. The van der Waals surface area contributed by atoms with Gasteiger partial charge >= 0.3 is 5.97 Å². The van der Waals surface area contributed by atoms with Crippen LogP contribution in [0, 0.1) is 0 Å². The standard InChI is InChI=1S/C13H18O3S/c1-2-3-4-5-10-17(16)12-8-6-11(7-9-12)13(14)15/h6-9H,2-5,10H2,1H3,(H,14,15). The number of aromatic carboxylic acids is 1. The van der Waals surface area contributed by atoms with E-state index in [1.807, 2.05) is 0 Å². The maximum Gasteiger partial charge on any atom is 0.335 e. The molecule has 0 saturated carbocycles. The molecule has 0 heterocycles. The topological polar surface area (TPSA) is 54.4 Å². The SMILES string of the molecule is CCCCCCS(=O)c1ccc(C(=O)O)cc1. The van der Waals surface area contributed by atoms with Crippen molar-refractivity contribution in [2.24, 2.45) is 0 Å². The van der Waals surface area contributed by atoms with Crippen LogP contribution in [0.3, 0.4) is 0 Å².